The fourth-order valence-corrected chi connectivity index (χ4v) is 1.45. The minimum Gasteiger partial charge on any atom is -0.488 e. The molecule has 0 saturated carbocycles. The SMILES string of the molecule is COC(C)COc1c(C)cc(C)cc1N. The van der Waals surface area contributed by atoms with Gasteiger partial charge < -0.3 is 15.2 Å². The van der Waals surface area contributed by atoms with Crippen LogP contribution in [0.1, 0.15) is 18.1 Å². The molecule has 0 saturated heterocycles. The quantitative estimate of drug-likeness (QED) is 0.774. The number of rotatable bonds is 4. The minimum atomic E-state index is 0.0742. The Morgan fingerprint density at radius 2 is 2.00 bits per heavy atom. The number of nitrogen functional groups attached to an aromatic ring is 1. The first kappa shape index (κ1) is 11.9. The third-order valence-corrected chi connectivity index (χ3v) is 2.31. The highest BCUT2D eigenvalue weighted by molar-refractivity contribution is 5.58. The third kappa shape index (κ3) is 3.13. The van der Waals surface area contributed by atoms with Crippen molar-refractivity contribution in [3.8, 4) is 5.75 Å². The van der Waals surface area contributed by atoms with Crippen molar-refractivity contribution in [3.05, 3.63) is 23.3 Å². The second kappa shape index (κ2) is 5.03. The number of methoxy groups -OCH3 is 1. The van der Waals surface area contributed by atoms with Crippen LogP contribution in [0.4, 0.5) is 5.69 Å². The number of hydrogen-bond donors (Lipinski definition) is 1. The molecule has 1 rings (SSSR count). The second-order valence-corrected chi connectivity index (χ2v) is 3.86. The molecule has 1 unspecified atom stereocenters. The number of anilines is 1. The molecule has 84 valence electrons. The van der Waals surface area contributed by atoms with Gasteiger partial charge in [0.15, 0.2) is 0 Å². The second-order valence-electron chi connectivity index (χ2n) is 3.86. The molecule has 0 aliphatic carbocycles. The van der Waals surface area contributed by atoms with Crippen LogP contribution >= 0.6 is 0 Å². The lowest BCUT2D eigenvalue weighted by molar-refractivity contribution is 0.0717. The van der Waals surface area contributed by atoms with E-state index in [1.165, 1.54) is 0 Å². The summed E-state index contributed by atoms with van der Waals surface area (Å²) in [5.74, 6) is 0.768. The van der Waals surface area contributed by atoms with Gasteiger partial charge in [-0.25, -0.2) is 0 Å². The lowest BCUT2D eigenvalue weighted by Gasteiger charge is -2.15. The Bertz CT molecular complexity index is 313. The maximum atomic E-state index is 5.88. The van der Waals surface area contributed by atoms with Gasteiger partial charge in [0.1, 0.15) is 12.4 Å². The van der Waals surface area contributed by atoms with E-state index in [9.17, 15) is 0 Å². The molecular formula is C12H19NO2. The van der Waals surface area contributed by atoms with Gasteiger partial charge in [-0.1, -0.05) is 6.07 Å². The van der Waals surface area contributed by atoms with E-state index in [1.807, 2.05) is 26.8 Å². The highest BCUT2D eigenvalue weighted by Gasteiger charge is 2.07. The van der Waals surface area contributed by atoms with Crippen LogP contribution in [0.15, 0.2) is 12.1 Å². The number of hydrogen-bond acceptors (Lipinski definition) is 3. The molecule has 2 N–H and O–H groups in total. The number of aryl methyl sites for hydroxylation is 2. The van der Waals surface area contributed by atoms with Gasteiger partial charge in [-0.15, -0.1) is 0 Å². The normalized spacial score (nSPS) is 12.5. The zero-order chi connectivity index (χ0) is 11.4. The predicted octanol–water partition coefficient (Wildman–Crippen LogP) is 2.30. The van der Waals surface area contributed by atoms with Crippen LogP contribution < -0.4 is 10.5 Å². The summed E-state index contributed by atoms with van der Waals surface area (Å²) in [7, 11) is 1.67. The van der Waals surface area contributed by atoms with Gasteiger partial charge in [-0.05, 0) is 38.0 Å². The number of nitrogens with two attached hydrogens (primary N) is 1. The summed E-state index contributed by atoms with van der Waals surface area (Å²) in [6.07, 6.45) is 0.0742. The molecule has 0 spiro atoms. The molecule has 0 aromatic heterocycles. The third-order valence-electron chi connectivity index (χ3n) is 2.31. The van der Waals surface area contributed by atoms with Gasteiger partial charge in [0, 0.05) is 7.11 Å². The molecule has 3 heteroatoms. The van der Waals surface area contributed by atoms with E-state index < -0.39 is 0 Å². The fourth-order valence-electron chi connectivity index (χ4n) is 1.45. The smallest absolute Gasteiger partial charge is 0.145 e. The fraction of sp³-hybridized carbons (Fsp3) is 0.500. The van der Waals surface area contributed by atoms with Crippen molar-refractivity contribution in [2.24, 2.45) is 0 Å². The predicted molar refractivity (Wildman–Crippen MR) is 62.3 cm³/mol. The summed E-state index contributed by atoms with van der Waals surface area (Å²) in [6.45, 7) is 6.49. The molecular weight excluding hydrogens is 190 g/mol. The summed E-state index contributed by atoms with van der Waals surface area (Å²) in [5.41, 5.74) is 8.79. The maximum Gasteiger partial charge on any atom is 0.145 e. The van der Waals surface area contributed by atoms with E-state index >= 15 is 0 Å². The van der Waals surface area contributed by atoms with Crippen molar-refractivity contribution >= 4 is 5.69 Å². The van der Waals surface area contributed by atoms with Gasteiger partial charge in [-0.2, -0.15) is 0 Å². The lowest BCUT2D eigenvalue weighted by Crippen LogP contribution is -2.17. The molecule has 0 heterocycles. The molecule has 1 aromatic carbocycles. The Morgan fingerprint density at radius 3 is 2.53 bits per heavy atom. The summed E-state index contributed by atoms with van der Waals surface area (Å²) in [4.78, 5) is 0. The summed E-state index contributed by atoms with van der Waals surface area (Å²) < 4.78 is 10.7. The van der Waals surface area contributed by atoms with E-state index in [-0.39, 0.29) is 6.10 Å². The first-order valence-electron chi connectivity index (χ1n) is 5.07. The van der Waals surface area contributed by atoms with Crippen molar-refractivity contribution in [1.29, 1.82) is 0 Å². The van der Waals surface area contributed by atoms with E-state index in [0.29, 0.717) is 12.3 Å². The highest BCUT2D eigenvalue weighted by atomic mass is 16.5. The van der Waals surface area contributed by atoms with Crippen LogP contribution in [0.5, 0.6) is 5.75 Å². The molecule has 0 aliphatic rings. The summed E-state index contributed by atoms with van der Waals surface area (Å²) >= 11 is 0. The zero-order valence-electron chi connectivity index (χ0n) is 9.83. The monoisotopic (exact) mass is 209 g/mol. The maximum absolute atomic E-state index is 5.88. The van der Waals surface area contributed by atoms with Crippen molar-refractivity contribution in [2.45, 2.75) is 26.9 Å². The van der Waals surface area contributed by atoms with E-state index in [0.717, 1.165) is 16.9 Å². The number of benzene rings is 1. The average molecular weight is 209 g/mol. The van der Waals surface area contributed by atoms with Gasteiger partial charge in [0.2, 0.25) is 0 Å². The Balaban J connectivity index is 2.77. The van der Waals surface area contributed by atoms with Crippen LogP contribution in [-0.4, -0.2) is 19.8 Å². The molecule has 1 aromatic rings. The Hall–Kier alpha value is -1.22. The zero-order valence-corrected chi connectivity index (χ0v) is 9.83. The van der Waals surface area contributed by atoms with Crippen LogP contribution in [0.3, 0.4) is 0 Å². The van der Waals surface area contributed by atoms with Gasteiger partial charge in [0.05, 0.1) is 11.8 Å². The molecule has 0 amide bonds. The van der Waals surface area contributed by atoms with E-state index in [2.05, 4.69) is 6.07 Å². The summed E-state index contributed by atoms with van der Waals surface area (Å²) in [5, 5.41) is 0. The Morgan fingerprint density at radius 1 is 1.33 bits per heavy atom. The van der Waals surface area contributed by atoms with Crippen LogP contribution in [0.2, 0.25) is 0 Å². The van der Waals surface area contributed by atoms with Gasteiger partial charge >= 0.3 is 0 Å². The molecule has 0 aliphatic heterocycles. The van der Waals surface area contributed by atoms with Crippen LogP contribution in [0.25, 0.3) is 0 Å². The highest BCUT2D eigenvalue weighted by Crippen LogP contribution is 2.27. The largest absolute Gasteiger partial charge is 0.488 e. The topological polar surface area (TPSA) is 44.5 Å². The molecule has 3 nitrogen and oxygen atoms in total. The first-order valence-corrected chi connectivity index (χ1v) is 5.07. The van der Waals surface area contributed by atoms with Crippen molar-refractivity contribution < 1.29 is 9.47 Å². The average Bonchev–Trinajstić information content (AvgIpc) is 2.15. The molecule has 0 bridgehead atoms. The van der Waals surface area contributed by atoms with Gasteiger partial charge in [0.25, 0.3) is 0 Å². The van der Waals surface area contributed by atoms with E-state index in [4.69, 9.17) is 15.2 Å². The summed E-state index contributed by atoms with van der Waals surface area (Å²) in [6, 6.07) is 3.98. The first-order chi connectivity index (χ1) is 7.04. The van der Waals surface area contributed by atoms with Crippen LogP contribution in [-0.2, 0) is 4.74 Å². The molecule has 15 heavy (non-hydrogen) atoms. The molecule has 0 radical (unpaired) electrons. The van der Waals surface area contributed by atoms with Crippen molar-refractivity contribution in [2.75, 3.05) is 19.5 Å². The van der Waals surface area contributed by atoms with E-state index in [1.54, 1.807) is 7.11 Å². The Labute approximate surface area is 91.2 Å². The lowest BCUT2D eigenvalue weighted by atomic mass is 10.1. The van der Waals surface area contributed by atoms with Gasteiger partial charge in [-0.3, -0.25) is 0 Å². The van der Waals surface area contributed by atoms with Crippen molar-refractivity contribution in [3.63, 3.8) is 0 Å². The Kier molecular flexibility index (Phi) is 3.97. The standard InChI is InChI=1S/C12H19NO2/c1-8-5-9(2)12(11(13)6-8)15-7-10(3)14-4/h5-6,10H,7,13H2,1-4H3. The molecule has 0 fully saturated rings. The van der Waals surface area contributed by atoms with Crippen molar-refractivity contribution in [1.82, 2.24) is 0 Å². The number of ether oxygens (including phenoxy) is 2. The van der Waals surface area contributed by atoms with Crippen LogP contribution in [0, 0.1) is 13.8 Å². The molecule has 1 atom stereocenters. The minimum absolute atomic E-state index is 0.0742.